The Morgan fingerprint density at radius 3 is 2.66 bits per heavy atom. The number of nitrogens with two attached hydrogens (primary N) is 1. The van der Waals surface area contributed by atoms with Crippen LogP contribution in [-0.2, 0) is 24.2 Å². The predicted octanol–water partition coefficient (Wildman–Crippen LogP) is 2.33. The van der Waals surface area contributed by atoms with Crippen molar-refractivity contribution in [3.63, 3.8) is 0 Å². The number of carbonyl (C=O) groups is 1. The second-order valence-corrected chi connectivity index (χ2v) is 8.37. The smallest absolute Gasteiger partial charge is 0.330 e. The van der Waals surface area contributed by atoms with Crippen LogP contribution in [0.4, 0.5) is 11.5 Å². The summed E-state index contributed by atoms with van der Waals surface area (Å²) in [7, 11) is 1.50. The summed E-state index contributed by atoms with van der Waals surface area (Å²) < 4.78 is 6.25. The Morgan fingerprint density at radius 2 is 2.00 bits per heavy atom. The highest BCUT2D eigenvalue weighted by Gasteiger charge is 2.28. The van der Waals surface area contributed by atoms with Gasteiger partial charge in [0.25, 0.3) is 11.5 Å². The van der Waals surface area contributed by atoms with Gasteiger partial charge in [-0.15, -0.1) is 11.3 Å². The number of carbonyl (C=O) groups excluding carboxylic acids is 1. The number of thiazole rings is 1. The van der Waals surface area contributed by atoms with Crippen molar-refractivity contribution in [1.82, 2.24) is 14.5 Å². The van der Waals surface area contributed by atoms with Crippen molar-refractivity contribution in [3.8, 4) is 0 Å². The number of hydrogen-bond donors (Lipinski definition) is 2. The van der Waals surface area contributed by atoms with Crippen molar-refractivity contribution in [2.24, 2.45) is 0 Å². The number of ether oxygens (including phenoxy) is 1. The first kappa shape index (κ1) is 23.4. The van der Waals surface area contributed by atoms with Crippen LogP contribution in [0.15, 0.2) is 39.9 Å². The standard InChI is InChI=1S/C22H27N5O4S/c1-4-8-16-24-14(2)18(32-16)21(29)27(13-15-9-6-5-7-10-15)17-19(23)26(11-12-31-3)22(30)25-20(17)28/h5-7,9-10H,4,8,11-13,23H2,1-3H3,(H,25,28,30). The molecule has 10 heteroatoms. The number of aryl methyl sites for hydroxylation is 2. The molecule has 0 fully saturated rings. The lowest BCUT2D eigenvalue weighted by atomic mass is 10.2. The number of H-pyrrole nitrogens is 1. The van der Waals surface area contributed by atoms with E-state index in [1.54, 1.807) is 6.92 Å². The van der Waals surface area contributed by atoms with Gasteiger partial charge < -0.3 is 10.5 Å². The molecule has 0 unspecified atom stereocenters. The first-order valence-corrected chi connectivity index (χ1v) is 11.1. The van der Waals surface area contributed by atoms with E-state index in [1.165, 1.54) is 27.9 Å². The van der Waals surface area contributed by atoms with Crippen LogP contribution in [-0.4, -0.2) is 34.2 Å². The van der Waals surface area contributed by atoms with E-state index in [9.17, 15) is 14.4 Å². The summed E-state index contributed by atoms with van der Waals surface area (Å²) >= 11 is 1.31. The number of nitrogens with one attached hydrogen (secondary N) is 1. The number of benzene rings is 1. The van der Waals surface area contributed by atoms with E-state index in [1.807, 2.05) is 37.3 Å². The third kappa shape index (κ3) is 4.97. The Kier molecular flexibility index (Phi) is 7.60. The number of nitrogen functional groups attached to an aromatic ring is 1. The van der Waals surface area contributed by atoms with Crippen molar-refractivity contribution in [2.45, 2.75) is 39.8 Å². The monoisotopic (exact) mass is 457 g/mol. The van der Waals surface area contributed by atoms with Gasteiger partial charge in [0.15, 0.2) is 5.69 Å². The Balaban J connectivity index is 2.15. The number of rotatable bonds is 9. The van der Waals surface area contributed by atoms with Crippen LogP contribution in [0.2, 0.25) is 0 Å². The maximum atomic E-state index is 13.7. The normalized spacial score (nSPS) is 11.0. The fraction of sp³-hybridized carbons (Fsp3) is 0.364. The molecule has 0 spiro atoms. The Morgan fingerprint density at radius 1 is 1.28 bits per heavy atom. The third-order valence-corrected chi connectivity index (χ3v) is 6.14. The van der Waals surface area contributed by atoms with Crippen molar-refractivity contribution in [2.75, 3.05) is 24.4 Å². The lowest BCUT2D eigenvalue weighted by Crippen LogP contribution is -2.41. The quantitative estimate of drug-likeness (QED) is 0.508. The average molecular weight is 458 g/mol. The van der Waals surface area contributed by atoms with Crippen LogP contribution in [0.5, 0.6) is 0 Å². The summed E-state index contributed by atoms with van der Waals surface area (Å²) in [6, 6.07) is 9.28. The zero-order valence-corrected chi connectivity index (χ0v) is 19.2. The highest BCUT2D eigenvalue weighted by molar-refractivity contribution is 7.14. The number of amides is 1. The SMILES string of the molecule is CCCc1nc(C)c(C(=O)N(Cc2ccccc2)c2c(N)n(CCOC)c(=O)[nH]c2=O)s1. The molecule has 1 aromatic carbocycles. The lowest BCUT2D eigenvalue weighted by Gasteiger charge is -2.24. The molecule has 0 aliphatic heterocycles. The molecule has 0 radical (unpaired) electrons. The molecule has 0 bridgehead atoms. The van der Waals surface area contributed by atoms with Crippen molar-refractivity contribution < 1.29 is 9.53 Å². The first-order chi connectivity index (χ1) is 15.4. The highest BCUT2D eigenvalue weighted by atomic mass is 32.1. The minimum Gasteiger partial charge on any atom is -0.383 e. The van der Waals surface area contributed by atoms with Crippen LogP contribution < -0.4 is 21.9 Å². The number of aromatic nitrogens is 3. The Bertz CT molecular complexity index is 1200. The van der Waals surface area contributed by atoms with Crippen LogP contribution in [0.1, 0.15) is 39.3 Å². The maximum Gasteiger partial charge on any atom is 0.330 e. The molecule has 3 rings (SSSR count). The fourth-order valence-electron chi connectivity index (χ4n) is 3.36. The zero-order chi connectivity index (χ0) is 23.3. The van der Waals surface area contributed by atoms with Gasteiger partial charge in [0.2, 0.25) is 0 Å². The predicted molar refractivity (Wildman–Crippen MR) is 125 cm³/mol. The van der Waals surface area contributed by atoms with Gasteiger partial charge in [0, 0.05) is 7.11 Å². The molecule has 3 N–H and O–H groups in total. The largest absolute Gasteiger partial charge is 0.383 e. The van der Waals surface area contributed by atoms with Gasteiger partial charge in [-0.2, -0.15) is 0 Å². The maximum absolute atomic E-state index is 13.7. The summed E-state index contributed by atoms with van der Waals surface area (Å²) in [5.74, 6) is -0.476. The van der Waals surface area contributed by atoms with Crippen molar-refractivity contribution in [1.29, 1.82) is 0 Å². The average Bonchev–Trinajstić information content (AvgIpc) is 3.13. The number of methoxy groups -OCH3 is 1. The lowest BCUT2D eigenvalue weighted by molar-refractivity contribution is 0.0988. The van der Waals surface area contributed by atoms with Crippen LogP contribution in [0.3, 0.4) is 0 Å². The topological polar surface area (TPSA) is 123 Å². The second-order valence-electron chi connectivity index (χ2n) is 7.29. The van der Waals surface area contributed by atoms with Gasteiger partial charge in [-0.3, -0.25) is 24.0 Å². The van der Waals surface area contributed by atoms with Gasteiger partial charge in [0.1, 0.15) is 10.7 Å². The summed E-state index contributed by atoms with van der Waals surface area (Å²) in [4.78, 5) is 47.4. The minimum atomic E-state index is -0.721. The van der Waals surface area contributed by atoms with E-state index < -0.39 is 11.2 Å². The summed E-state index contributed by atoms with van der Waals surface area (Å²) in [6.07, 6.45) is 1.67. The third-order valence-electron chi connectivity index (χ3n) is 4.93. The molecule has 0 aliphatic rings. The molecule has 0 saturated carbocycles. The van der Waals surface area contributed by atoms with E-state index in [0.29, 0.717) is 10.6 Å². The number of hydrogen-bond acceptors (Lipinski definition) is 7. The summed E-state index contributed by atoms with van der Waals surface area (Å²) in [5, 5.41) is 0.861. The van der Waals surface area contributed by atoms with Crippen molar-refractivity contribution in [3.05, 3.63) is 72.3 Å². The van der Waals surface area contributed by atoms with Gasteiger partial charge in [-0.1, -0.05) is 37.3 Å². The molecule has 0 aliphatic carbocycles. The first-order valence-electron chi connectivity index (χ1n) is 10.3. The molecular weight excluding hydrogens is 430 g/mol. The second kappa shape index (κ2) is 10.4. The number of anilines is 2. The van der Waals surface area contributed by atoms with E-state index in [-0.39, 0.29) is 37.1 Å². The van der Waals surface area contributed by atoms with Crippen LogP contribution in [0.25, 0.3) is 0 Å². The molecule has 2 aromatic heterocycles. The molecule has 3 aromatic rings. The summed E-state index contributed by atoms with van der Waals surface area (Å²) in [6.45, 7) is 4.28. The van der Waals surface area contributed by atoms with E-state index in [4.69, 9.17) is 10.5 Å². The van der Waals surface area contributed by atoms with E-state index >= 15 is 0 Å². The van der Waals surface area contributed by atoms with E-state index in [2.05, 4.69) is 9.97 Å². The number of aromatic amines is 1. The van der Waals surface area contributed by atoms with Gasteiger partial charge >= 0.3 is 5.69 Å². The van der Waals surface area contributed by atoms with Gasteiger partial charge in [-0.05, 0) is 25.3 Å². The van der Waals surface area contributed by atoms with Gasteiger partial charge in [0.05, 0.1) is 30.4 Å². The number of nitrogens with zero attached hydrogens (tertiary/aromatic N) is 3. The van der Waals surface area contributed by atoms with Crippen molar-refractivity contribution >= 4 is 28.7 Å². The molecule has 1 amide bonds. The van der Waals surface area contributed by atoms with E-state index in [0.717, 1.165) is 23.4 Å². The van der Waals surface area contributed by atoms with Crippen LogP contribution in [0, 0.1) is 6.92 Å². The zero-order valence-electron chi connectivity index (χ0n) is 18.4. The molecule has 9 nitrogen and oxygen atoms in total. The Hall–Kier alpha value is -3.24. The molecule has 170 valence electrons. The molecular formula is C22H27N5O4S. The molecule has 32 heavy (non-hydrogen) atoms. The molecule has 2 heterocycles. The highest BCUT2D eigenvalue weighted by Crippen LogP contribution is 2.26. The summed E-state index contributed by atoms with van der Waals surface area (Å²) in [5.41, 5.74) is 6.24. The molecule has 0 saturated heterocycles. The van der Waals surface area contributed by atoms with Crippen LogP contribution >= 0.6 is 11.3 Å². The molecule has 0 atom stereocenters. The minimum absolute atomic E-state index is 0.0700. The Labute approximate surface area is 189 Å². The fourth-order valence-corrected chi connectivity index (χ4v) is 4.47. The van der Waals surface area contributed by atoms with Gasteiger partial charge in [-0.25, -0.2) is 9.78 Å².